The summed E-state index contributed by atoms with van der Waals surface area (Å²) < 4.78 is 5.51. The number of rotatable bonds is 5. The first-order valence-electron chi connectivity index (χ1n) is 5.25. The van der Waals surface area contributed by atoms with Crippen molar-refractivity contribution in [2.45, 2.75) is 32.5 Å². The highest BCUT2D eigenvalue weighted by atomic mass is 16.5. The van der Waals surface area contributed by atoms with E-state index in [4.69, 9.17) is 10.5 Å². The normalized spacial score (nSPS) is 12.9. The van der Waals surface area contributed by atoms with Gasteiger partial charge < -0.3 is 15.6 Å². The van der Waals surface area contributed by atoms with E-state index in [2.05, 4.69) is 0 Å². The van der Waals surface area contributed by atoms with Crippen LogP contribution in [0.3, 0.4) is 0 Å². The first-order chi connectivity index (χ1) is 7.11. The second kappa shape index (κ2) is 5.73. The molecule has 0 bridgehead atoms. The Morgan fingerprint density at radius 3 is 2.33 bits per heavy atom. The molecule has 3 heteroatoms. The molecule has 0 aromatic heterocycles. The molecular weight excluding hydrogens is 190 g/mol. The van der Waals surface area contributed by atoms with Crippen LogP contribution >= 0.6 is 0 Å². The second-order valence-corrected chi connectivity index (χ2v) is 3.90. The van der Waals surface area contributed by atoms with Gasteiger partial charge in [0, 0.05) is 6.54 Å². The lowest BCUT2D eigenvalue weighted by molar-refractivity contribution is 0.183. The highest BCUT2D eigenvalue weighted by molar-refractivity contribution is 5.27. The average molecular weight is 209 g/mol. The summed E-state index contributed by atoms with van der Waals surface area (Å²) in [6, 6.07) is 7.74. The van der Waals surface area contributed by atoms with Gasteiger partial charge in [-0.2, -0.15) is 0 Å². The Bertz CT molecular complexity index is 282. The van der Waals surface area contributed by atoms with Crippen LogP contribution in [0.5, 0.6) is 5.75 Å². The van der Waals surface area contributed by atoms with Gasteiger partial charge in [-0.25, -0.2) is 0 Å². The first-order valence-corrected chi connectivity index (χ1v) is 5.25. The topological polar surface area (TPSA) is 55.5 Å². The van der Waals surface area contributed by atoms with Crippen LogP contribution in [0.25, 0.3) is 0 Å². The van der Waals surface area contributed by atoms with Crippen LogP contribution in [0, 0.1) is 0 Å². The van der Waals surface area contributed by atoms with E-state index in [9.17, 15) is 5.11 Å². The number of benzene rings is 1. The summed E-state index contributed by atoms with van der Waals surface area (Å²) in [7, 11) is 0. The van der Waals surface area contributed by atoms with E-state index in [1.165, 1.54) is 0 Å². The van der Waals surface area contributed by atoms with Crippen molar-refractivity contribution in [2.24, 2.45) is 5.73 Å². The van der Waals surface area contributed by atoms with Crippen LogP contribution in [-0.4, -0.2) is 23.9 Å². The zero-order chi connectivity index (χ0) is 11.3. The van der Waals surface area contributed by atoms with Crippen molar-refractivity contribution in [3.63, 3.8) is 0 Å². The van der Waals surface area contributed by atoms with Crippen molar-refractivity contribution in [3.05, 3.63) is 29.8 Å². The number of nitrogens with two attached hydrogens (primary N) is 1. The number of aliphatic hydroxyl groups excluding tert-OH is 1. The van der Waals surface area contributed by atoms with Gasteiger partial charge in [0.15, 0.2) is 0 Å². The van der Waals surface area contributed by atoms with Crippen molar-refractivity contribution < 1.29 is 9.84 Å². The molecule has 3 N–H and O–H groups in total. The molecule has 0 aliphatic heterocycles. The van der Waals surface area contributed by atoms with Crippen molar-refractivity contribution in [3.8, 4) is 5.75 Å². The van der Waals surface area contributed by atoms with E-state index >= 15 is 0 Å². The Labute approximate surface area is 90.9 Å². The third kappa shape index (κ3) is 4.32. The maximum atomic E-state index is 9.37. The molecule has 0 amide bonds. The van der Waals surface area contributed by atoms with E-state index in [1.807, 2.05) is 38.1 Å². The average Bonchev–Trinajstić information content (AvgIpc) is 2.20. The van der Waals surface area contributed by atoms with Crippen LogP contribution in [0.4, 0.5) is 0 Å². The molecule has 0 saturated heterocycles. The van der Waals surface area contributed by atoms with E-state index in [1.54, 1.807) is 0 Å². The van der Waals surface area contributed by atoms with E-state index in [0.29, 0.717) is 13.0 Å². The molecule has 1 aromatic carbocycles. The predicted molar refractivity (Wildman–Crippen MR) is 61.0 cm³/mol. The molecule has 1 unspecified atom stereocenters. The molecule has 0 radical (unpaired) electrons. The minimum Gasteiger partial charge on any atom is -0.491 e. The molecule has 0 aliphatic carbocycles. The summed E-state index contributed by atoms with van der Waals surface area (Å²) in [5.74, 6) is 0.857. The van der Waals surface area contributed by atoms with Gasteiger partial charge >= 0.3 is 0 Å². The molecule has 0 aliphatic rings. The lowest BCUT2D eigenvalue weighted by Crippen LogP contribution is -2.21. The molecule has 0 fully saturated rings. The summed E-state index contributed by atoms with van der Waals surface area (Å²) in [6.45, 7) is 4.28. The Hall–Kier alpha value is -1.06. The van der Waals surface area contributed by atoms with Crippen LogP contribution in [0.15, 0.2) is 24.3 Å². The number of hydrogen-bond acceptors (Lipinski definition) is 3. The van der Waals surface area contributed by atoms with Gasteiger partial charge in [-0.3, -0.25) is 0 Å². The Morgan fingerprint density at radius 2 is 1.87 bits per heavy atom. The lowest BCUT2D eigenvalue weighted by Gasteiger charge is -2.11. The maximum Gasteiger partial charge on any atom is 0.119 e. The van der Waals surface area contributed by atoms with E-state index < -0.39 is 6.10 Å². The Kier molecular flexibility index (Phi) is 4.59. The van der Waals surface area contributed by atoms with Crippen molar-refractivity contribution in [1.29, 1.82) is 0 Å². The fraction of sp³-hybridized carbons (Fsp3) is 0.500. The van der Waals surface area contributed by atoms with Gasteiger partial charge in [0.1, 0.15) is 5.75 Å². The molecule has 1 atom stereocenters. The standard InChI is InChI=1S/C12H19NO2/c1-9(2)15-12-5-3-10(4-6-12)7-11(14)8-13/h3-6,9,11,14H,7-8,13H2,1-2H3. The third-order valence-corrected chi connectivity index (χ3v) is 2.04. The van der Waals surface area contributed by atoms with Gasteiger partial charge in [0.25, 0.3) is 0 Å². The smallest absolute Gasteiger partial charge is 0.119 e. The van der Waals surface area contributed by atoms with Gasteiger partial charge in [0.2, 0.25) is 0 Å². The van der Waals surface area contributed by atoms with Gasteiger partial charge in [-0.15, -0.1) is 0 Å². The first kappa shape index (κ1) is 12.0. The summed E-state index contributed by atoms with van der Waals surface area (Å²) in [4.78, 5) is 0. The minimum atomic E-state index is -0.457. The summed E-state index contributed by atoms with van der Waals surface area (Å²) in [6.07, 6.45) is 0.325. The number of aliphatic hydroxyl groups is 1. The molecular formula is C12H19NO2. The zero-order valence-corrected chi connectivity index (χ0v) is 9.31. The molecule has 1 aromatic rings. The quantitative estimate of drug-likeness (QED) is 0.769. The monoisotopic (exact) mass is 209 g/mol. The molecule has 84 valence electrons. The molecule has 15 heavy (non-hydrogen) atoms. The molecule has 1 rings (SSSR count). The van der Waals surface area contributed by atoms with E-state index in [0.717, 1.165) is 11.3 Å². The second-order valence-electron chi connectivity index (χ2n) is 3.90. The third-order valence-electron chi connectivity index (χ3n) is 2.04. The predicted octanol–water partition coefficient (Wildman–Crippen LogP) is 1.34. The zero-order valence-electron chi connectivity index (χ0n) is 9.31. The van der Waals surface area contributed by atoms with Crippen LogP contribution < -0.4 is 10.5 Å². The fourth-order valence-corrected chi connectivity index (χ4v) is 1.33. The van der Waals surface area contributed by atoms with E-state index in [-0.39, 0.29) is 6.10 Å². The number of ether oxygens (including phenoxy) is 1. The molecule has 0 spiro atoms. The Morgan fingerprint density at radius 1 is 1.27 bits per heavy atom. The van der Waals surface area contributed by atoms with Crippen LogP contribution in [0.1, 0.15) is 19.4 Å². The number of hydrogen-bond donors (Lipinski definition) is 2. The van der Waals surface area contributed by atoms with Gasteiger partial charge in [0.05, 0.1) is 12.2 Å². The van der Waals surface area contributed by atoms with Gasteiger partial charge in [-0.05, 0) is 38.0 Å². The highest BCUT2D eigenvalue weighted by Crippen LogP contribution is 2.14. The SMILES string of the molecule is CC(C)Oc1ccc(CC(O)CN)cc1. The highest BCUT2D eigenvalue weighted by Gasteiger charge is 2.03. The lowest BCUT2D eigenvalue weighted by atomic mass is 10.1. The van der Waals surface area contributed by atoms with Crippen molar-refractivity contribution in [1.82, 2.24) is 0 Å². The molecule has 3 nitrogen and oxygen atoms in total. The summed E-state index contributed by atoms with van der Waals surface area (Å²) in [5.41, 5.74) is 6.41. The van der Waals surface area contributed by atoms with Crippen LogP contribution in [0.2, 0.25) is 0 Å². The van der Waals surface area contributed by atoms with Crippen molar-refractivity contribution in [2.75, 3.05) is 6.54 Å². The Balaban J connectivity index is 2.56. The molecule has 0 heterocycles. The summed E-state index contributed by atoms with van der Waals surface area (Å²) >= 11 is 0. The molecule has 0 saturated carbocycles. The minimum absolute atomic E-state index is 0.186. The van der Waals surface area contributed by atoms with Gasteiger partial charge in [-0.1, -0.05) is 12.1 Å². The van der Waals surface area contributed by atoms with Crippen LogP contribution in [-0.2, 0) is 6.42 Å². The summed E-state index contributed by atoms with van der Waals surface area (Å²) in [5, 5.41) is 9.37. The fourth-order valence-electron chi connectivity index (χ4n) is 1.33. The maximum absolute atomic E-state index is 9.37. The van der Waals surface area contributed by atoms with Crippen molar-refractivity contribution >= 4 is 0 Å². The largest absolute Gasteiger partial charge is 0.491 e.